The van der Waals surface area contributed by atoms with Gasteiger partial charge >= 0.3 is 0 Å². The Morgan fingerprint density at radius 1 is 1.33 bits per heavy atom. The van der Waals surface area contributed by atoms with E-state index in [9.17, 15) is 4.39 Å². The largest absolute Gasteiger partial charge is 0.368 e. The summed E-state index contributed by atoms with van der Waals surface area (Å²) < 4.78 is 13.5. The Balaban J connectivity index is 2.06. The van der Waals surface area contributed by atoms with Crippen molar-refractivity contribution in [3.05, 3.63) is 30.1 Å². The van der Waals surface area contributed by atoms with Crippen LogP contribution in [0.2, 0.25) is 0 Å². The third kappa shape index (κ3) is 2.58. The second kappa shape index (κ2) is 5.73. The minimum Gasteiger partial charge on any atom is -0.368 e. The van der Waals surface area contributed by atoms with Gasteiger partial charge in [-0.25, -0.2) is 4.39 Å². The molecule has 0 amide bonds. The summed E-state index contributed by atoms with van der Waals surface area (Å²) >= 11 is 0. The van der Waals surface area contributed by atoms with E-state index in [1.807, 2.05) is 12.1 Å². The first-order valence-electron chi connectivity index (χ1n) is 7.01. The molecule has 1 saturated heterocycles. The third-order valence-corrected chi connectivity index (χ3v) is 3.81. The summed E-state index contributed by atoms with van der Waals surface area (Å²) in [5.74, 6) is 0. The number of piperidine rings is 1. The predicted molar refractivity (Wildman–Crippen MR) is 82.8 cm³/mol. The second-order valence-electron chi connectivity index (χ2n) is 5.23. The van der Waals surface area contributed by atoms with Crippen LogP contribution >= 0.6 is 0 Å². The monoisotopic (exact) mass is 287 g/mol. The van der Waals surface area contributed by atoms with Crippen LogP contribution in [0.3, 0.4) is 0 Å². The number of alkyl halides is 1. The highest BCUT2D eigenvalue weighted by Gasteiger charge is 2.27. The van der Waals surface area contributed by atoms with Crippen molar-refractivity contribution in [2.75, 3.05) is 25.0 Å². The van der Waals surface area contributed by atoms with Crippen LogP contribution in [-0.2, 0) is 0 Å². The summed E-state index contributed by atoms with van der Waals surface area (Å²) in [5.41, 5.74) is 9.34. The van der Waals surface area contributed by atoms with Crippen LogP contribution in [0.25, 0.3) is 11.0 Å². The molecule has 0 aliphatic carbocycles. The van der Waals surface area contributed by atoms with Crippen LogP contribution in [0.15, 0.2) is 29.5 Å². The lowest BCUT2D eigenvalue weighted by Crippen LogP contribution is -2.49. The van der Waals surface area contributed by atoms with Crippen LogP contribution in [0.5, 0.6) is 0 Å². The molecule has 2 N–H and O–H groups in total. The fraction of sp³-hybridized carbons (Fsp3) is 0.400. The zero-order chi connectivity index (χ0) is 14.8. The van der Waals surface area contributed by atoms with Gasteiger partial charge < -0.3 is 10.6 Å². The highest BCUT2D eigenvalue weighted by Crippen LogP contribution is 2.28. The lowest BCUT2D eigenvalue weighted by atomic mass is 10.0. The van der Waals surface area contributed by atoms with Crippen molar-refractivity contribution >= 4 is 22.9 Å². The molecular weight excluding hydrogens is 269 g/mol. The third-order valence-electron chi connectivity index (χ3n) is 3.81. The molecule has 2 unspecified atom stereocenters. The molecule has 0 radical (unpaired) electrons. The van der Waals surface area contributed by atoms with Crippen molar-refractivity contribution in [3.63, 3.8) is 0 Å². The second-order valence-corrected chi connectivity index (χ2v) is 5.23. The fourth-order valence-corrected chi connectivity index (χ4v) is 2.73. The normalized spacial score (nSPS) is 23.1. The first kappa shape index (κ1) is 13.9. The van der Waals surface area contributed by atoms with E-state index >= 15 is 0 Å². The fourth-order valence-electron chi connectivity index (χ4n) is 2.73. The van der Waals surface area contributed by atoms with Crippen molar-refractivity contribution in [2.24, 2.45) is 10.7 Å². The number of hydrogen-bond donors (Lipinski definition) is 1. The van der Waals surface area contributed by atoms with E-state index in [1.54, 1.807) is 25.7 Å². The quantitative estimate of drug-likeness (QED) is 0.851. The van der Waals surface area contributed by atoms with Gasteiger partial charge in [-0.1, -0.05) is 0 Å². The van der Waals surface area contributed by atoms with Gasteiger partial charge in [-0.2, -0.15) is 0 Å². The number of nitrogens with zero attached hydrogens (tertiary/aromatic N) is 4. The van der Waals surface area contributed by atoms with Crippen LogP contribution in [0, 0.1) is 0 Å². The molecular formula is C15H18FN5. The molecule has 1 aromatic heterocycles. The maximum atomic E-state index is 13.5. The first-order valence-corrected chi connectivity index (χ1v) is 7.01. The van der Waals surface area contributed by atoms with Gasteiger partial charge in [0.25, 0.3) is 0 Å². The molecule has 1 aliphatic rings. The first-order chi connectivity index (χ1) is 10.2. The van der Waals surface area contributed by atoms with Crippen molar-refractivity contribution in [2.45, 2.75) is 18.6 Å². The number of halogens is 1. The molecule has 1 aliphatic heterocycles. The summed E-state index contributed by atoms with van der Waals surface area (Å²) in [6.07, 6.45) is 4.62. The van der Waals surface area contributed by atoms with Crippen molar-refractivity contribution in [1.29, 1.82) is 0 Å². The molecule has 0 saturated carbocycles. The molecule has 2 atom stereocenters. The molecule has 2 aromatic rings. The minimum atomic E-state index is -0.926. The highest BCUT2D eigenvalue weighted by atomic mass is 19.1. The molecule has 110 valence electrons. The number of fused-ring (bicyclic) bond motifs is 1. The van der Waals surface area contributed by atoms with Crippen LogP contribution < -0.4 is 10.6 Å². The molecule has 2 heterocycles. The van der Waals surface area contributed by atoms with Crippen molar-refractivity contribution < 1.29 is 4.39 Å². The number of aliphatic imine (C=N–C) groups is 1. The van der Waals surface area contributed by atoms with E-state index in [-0.39, 0.29) is 0 Å². The van der Waals surface area contributed by atoms with Crippen LogP contribution in [0.4, 0.5) is 10.1 Å². The van der Waals surface area contributed by atoms with Crippen molar-refractivity contribution in [1.82, 2.24) is 9.97 Å². The highest BCUT2D eigenvalue weighted by molar-refractivity contribution is 6.01. The van der Waals surface area contributed by atoms with Gasteiger partial charge in [0.1, 0.15) is 11.7 Å². The predicted octanol–water partition coefficient (Wildman–Crippen LogP) is 1.55. The molecule has 0 bridgehead atoms. The lowest BCUT2D eigenvalue weighted by Gasteiger charge is -2.35. The smallest absolute Gasteiger partial charge is 0.119 e. The Hall–Kier alpha value is -2.08. The molecule has 5 nitrogen and oxygen atoms in total. The van der Waals surface area contributed by atoms with E-state index in [2.05, 4.69) is 19.9 Å². The van der Waals surface area contributed by atoms with Crippen LogP contribution in [0.1, 0.15) is 12.0 Å². The maximum absolute atomic E-state index is 13.5. The van der Waals surface area contributed by atoms with Gasteiger partial charge in [0.15, 0.2) is 0 Å². The summed E-state index contributed by atoms with van der Waals surface area (Å²) in [4.78, 5) is 15.0. The van der Waals surface area contributed by atoms with Gasteiger partial charge in [-0.05, 0) is 18.6 Å². The van der Waals surface area contributed by atoms with E-state index in [0.29, 0.717) is 19.5 Å². The Bertz CT molecular complexity index is 672. The molecule has 3 rings (SSSR count). The average molecular weight is 287 g/mol. The van der Waals surface area contributed by atoms with Crippen LogP contribution in [-0.4, -0.2) is 48.5 Å². The topological polar surface area (TPSA) is 67.4 Å². The Labute approximate surface area is 122 Å². The maximum Gasteiger partial charge on any atom is 0.119 e. The molecule has 21 heavy (non-hydrogen) atoms. The molecule has 1 aromatic carbocycles. The summed E-state index contributed by atoms with van der Waals surface area (Å²) in [6.45, 7) is 1.13. The van der Waals surface area contributed by atoms with Gasteiger partial charge in [-0.15, -0.1) is 0 Å². The van der Waals surface area contributed by atoms with Crippen molar-refractivity contribution in [3.8, 4) is 0 Å². The molecule has 6 heteroatoms. The summed E-state index contributed by atoms with van der Waals surface area (Å²) in [5, 5.41) is 0. The Morgan fingerprint density at radius 2 is 2.10 bits per heavy atom. The van der Waals surface area contributed by atoms with E-state index < -0.39 is 12.2 Å². The summed E-state index contributed by atoms with van der Waals surface area (Å²) in [6, 6.07) is 3.49. The zero-order valence-electron chi connectivity index (χ0n) is 11.9. The zero-order valence-corrected chi connectivity index (χ0v) is 11.9. The standard InChI is InChI=1S/C15H18FN5/c1-18-8-10-2-3-13(15-14(10)19-5-6-20-15)21-7-4-11(16)12(17)9-21/h2-3,5-6,8,11-12H,4,7,9,17H2,1H3/b18-8-. The Morgan fingerprint density at radius 3 is 2.81 bits per heavy atom. The Kier molecular flexibility index (Phi) is 3.79. The van der Waals surface area contributed by atoms with E-state index in [0.717, 1.165) is 22.3 Å². The van der Waals surface area contributed by atoms with Gasteiger partial charge in [0.05, 0.1) is 17.2 Å². The minimum absolute atomic E-state index is 0.446. The van der Waals surface area contributed by atoms with E-state index in [1.165, 1.54) is 0 Å². The number of nitrogens with two attached hydrogens (primary N) is 1. The number of rotatable bonds is 2. The number of benzene rings is 1. The average Bonchev–Trinajstić information content (AvgIpc) is 2.51. The van der Waals surface area contributed by atoms with Gasteiger partial charge in [-0.3, -0.25) is 15.0 Å². The SMILES string of the molecule is C/N=C\c1ccc(N2CCC(F)C(N)C2)c2nccnc12. The van der Waals surface area contributed by atoms with Gasteiger partial charge in [0.2, 0.25) is 0 Å². The van der Waals surface area contributed by atoms with Gasteiger partial charge in [0, 0.05) is 44.3 Å². The van der Waals surface area contributed by atoms with E-state index in [4.69, 9.17) is 5.73 Å². The number of anilines is 1. The number of hydrogen-bond acceptors (Lipinski definition) is 5. The lowest BCUT2D eigenvalue weighted by molar-refractivity contribution is 0.245. The molecule has 1 fully saturated rings. The summed E-state index contributed by atoms with van der Waals surface area (Å²) in [7, 11) is 1.72. The number of aromatic nitrogens is 2. The molecule has 0 spiro atoms.